The van der Waals surface area contributed by atoms with E-state index in [4.69, 9.17) is 5.73 Å². The van der Waals surface area contributed by atoms with Crippen molar-refractivity contribution in [3.8, 4) is 0 Å². The second-order valence-corrected chi connectivity index (χ2v) is 2.35. The van der Waals surface area contributed by atoms with E-state index in [1.165, 1.54) is 12.1 Å². The van der Waals surface area contributed by atoms with Crippen LogP contribution in [0.15, 0.2) is 24.3 Å². The van der Waals surface area contributed by atoms with E-state index in [0.717, 1.165) is 12.1 Å². The van der Waals surface area contributed by atoms with Crippen LogP contribution in [0.4, 0.5) is 4.39 Å². The molecule has 64 valence electrons. The third kappa shape index (κ3) is 3.84. The van der Waals surface area contributed by atoms with E-state index in [1.807, 2.05) is 0 Å². The summed E-state index contributed by atoms with van der Waals surface area (Å²) in [7, 11) is 0. The van der Waals surface area contributed by atoms with Gasteiger partial charge in [-0.05, 0) is 17.7 Å². The maximum absolute atomic E-state index is 12.3. The molecule has 0 saturated carbocycles. The molecule has 1 rings (SSSR count). The number of carboxylic acid groups (broad SMARTS) is 1. The second kappa shape index (κ2) is 5.84. The van der Waals surface area contributed by atoms with Gasteiger partial charge >= 0.3 is 51.4 Å². The number of rotatable bonds is 2. The minimum absolute atomic E-state index is 0. The van der Waals surface area contributed by atoms with Gasteiger partial charge in [0.05, 0.1) is 12.0 Å². The van der Waals surface area contributed by atoms with Crippen molar-refractivity contribution in [2.75, 3.05) is 0 Å². The van der Waals surface area contributed by atoms with Crippen LogP contribution in [0.25, 0.3) is 0 Å². The van der Waals surface area contributed by atoms with Gasteiger partial charge in [0, 0.05) is 0 Å². The van der Waals surface area contributed by atoms with Gasteiger partial charge in [-0.15, -0.1) is 0 Å². The monoisotopic (exact) mass is 207 g/mol. The normalized spacial score (nSPS) is 11.5. The molecule has 0 aliphatic rings. The minimum atomic E-state index is -1.37. The molecule has 1 atom stereocenters. The molecule has 5 heteroatoms. The number of hydrogen-bond acceptors (Lipinski definition) is 3. The SMILES string of the molecule is N[C@H](C(=O)[O-])c1ccc(F)cc1.[K+]. The summed E-state index contributed by atoms with van der Waals surface area (Å²) in [5, 5.41) is 10.3. The van der Waals surface area contributed by atoms with Gasteiger partial charge in [0.15, 0.2) is 0 Å². The first-order valence-electron chi connectivity index (χ1n) is 3.33. The largest absolute Gasteiger partial charge is 1.00 e. The summed E-state index contributed by atoms with van der Waals surface area (Å²) >= 11 is 0. The maximum Gasteiger partial charge on any atom is 1.00 e. The molecule has 1 aromatic carbocycles. The van der Waals surface area contributed by atoms with E-state index >= 15 is 0 Å². The summed E-state index contributed by atoms with van der Waals surface area (Å²) in [4.78, 5) is 10.3. The molecule has 0 unspecified atom stereocenters. The number of carboxylic acids is 1. The van der Waals surface area contributed by atoms with Gasteiger partial charge in [0.2, 0.25) is 0 Å². The fourth-order valence-electron chi connectivity index (χ4n) is 0.806. The van der Waals surface area contributed by atoms with E-state index in [-0.39, 0.29) is 51.4 Å². The smallest absolute Gasteiger partial charge is 0.548 e. The molecular weight excluding hydrogens is 200 g/mol. The van der Waals surface area contributed by atoms with Gasteiger partial charge in [-0.1, -0.05) is 12.1 Å². The van der Waals surface area contributed by atoms with E-state index in [0.29, 0.717) is 5.56 Å². The Morgan fingerprint density at radius 3 is 2.23 bits per heavy atom. The molecule has 0 bridgehead atoms. The Labute approximate surface area is 118 Å². The Bertz CT molecular complexity index is 289. The van der Waals surface area contributed by atoms with E-state index in [9.17, 15) is 14.3 Å². The summed E-state index contributed by atoms with van der Waals surface area (Å²) < 4.78 is 12.3. The zero-order valence-electron chi connectivity index (χ0n) is 7.16. The molecule has 0 radical (unpaired) electrons. The third-order valence-corrected chi connectivity index (χ3v) is 1.48. The number of carbonyl (C=O) groups excluding carboxylic acids is 1. The van der Waals surface area contributed by atoms with Gasteiger partial charge in [0.1, 0.15) is 5.82 Å². The first-order valence-corrected chi connectivity index (χ1v) is 3.33. The quantitative estimate of drug-likeness (QED) is 0.514. The summed E-state index contributed by atoms with van der Waals surface area (Å²) in [5.41, 5.74) is 5.53. The van der Waals surface area contributed by atoms with Crippen molar-refractivity contribution in [2.24, 2.45) is 5.73 Å². The Kier molecular flexibility index (Phi) is 5.94. The van der Waals surface area contributed by atoms with Crippen molar-refractivity contribution in [1.29, 1.82) is 0 Å². The van der Waals surface area contributed by atoms with E-state index in [2.05, 4.69) is 0 Å². The number of halogens is 1. The molecule has 2 N–H and O–H groups in total. The van der Waals surface area contributed by atoms with Gasteiger partial charge in [-0.2, -0.15) is 0 Å². The Morgan fingerprint density at radius 2 is 1.85 bits per heavy atom. The molecule has 0 fully saturated rings. The van der Waals surface area contributed by atoms with Crippen LogP contribution >= 0.6 is 0 Å². The van der Waals surface area contributed by atoms with Gasteiger partial charge < -0.3 is 15.6 Å². The van der Waals surface area contributed by atoms with Gasteiger partial charge in [0.25, 0.3) is 0 Å². The van der Waals surface area contributed by atoms with Crippen LogP contribution in [0.2, 0.25) is 0 Å². The second-order valence-electron chi connectivity index (χ2n) is 2.35. The summed E-state index contributed by atoms with van der Waals surface area (Å²) in [6.45, 7) is 0. The summed E-state index contributed by atoms with van der Waals surface area (Å²) in [6.07, 6.45) is 0. The Hall–Kier alpha value is 0.216. The minimum Gasteiger partial charge on any atom is -0.548 e. The van der Waals surface area contributed by atoms with Crippen LogP contribution in [-0.2, 0) is 4.79 Å². The van der Waals surface area contributed by atoms with E-state index < -0.39 is 17.8 Å². The van der Waals surface area contributed by atoms with Crippen molar-refractivity contribution < 1.29 is 65.7 Å². The topological polar surface area (TPSA) is 66.2 Å². The molecule has 0 aliphatic carbocycles. The number of hydrogen-bond donors (Lipinski definition) is 1. The molecule has 13 heavy (non-hydrogen) atoms. The van der Waals surface area contributed by atoms with Crippen molar-refractivity contribution in [3.63, 3.8) is 0 Å². The first-order chi connectivity index (χ1) is 5.61. The van der Waals surface area contributed by atoms with Crippen LogP contribution in [0.3, 0.4) is 0 Å². The zero-order chi connectivity index (χ0) is 9.14. The van der Waals surface area contributed by atoms with Crippen molar-refractivity contribution in [1.82, 2.24) is 0 Å². The zero-order valence-corrected chi connectivity index (χ0v) is 10.3. The number of nitrogens with two attached hydrogens (primary N) is 1. The predicted molar refractivity (Wildman–Crippen MR) is 38.3 cm³/mol. The summed E-state index contributed by atoms with van der Waals surface area (Å²) in [5.74, 6) is -1.80. The van der Waals surface area contributed by atoms with Crippen LogP contribution < -0.4 is 62.2 Å². The van der Waals surface area contributed by atoms with Crippen molar-refractivity contribution >= 4 is 5.97 Å². The average Bonchev–Trinajstić information content (AvgIpc) is 2.04. The van der Waals surface area contributed by atoms with Gasteiger partial charge in [-0.25, -0.2) is 4.39 Å². The van der Waals surface area contributed by atoms with Crippen LogP contribution in [0.5, 0.6) is 0 Å². The molecule has 1 aromatic rings. The predicted octanol–water partition coefficient (Wildman–Crippen LogP) is -3.42. The number of aliphatic carboxylic acids is 1. The Balaban J connectivity index is 0.00000144. The molecule has 0 heterocycles. The average molecular weight is 207 g/mol. The number of carbonyl (C=O) groups is 1. The number of benzene rings is 1. The molecule has 3 nitrogen and oxygen atoms in total. The molecule has 0 aliphatic heterocycles. The first kappa shape index (κ1) is 13.2. The fourth-order valence-corrected chi connectivity index (χ4v) is 0.806. The van der Waals surface area contributed by atoms with E-state index in [1.54, 1.807) is 0 Å². The van der Waals surface area contributed by atoms with Crippen LogP contribution in [0.1, 0.15) is 11.6 Å². The molecule has 0 saturated heterocycles. The molecular formula is C8H7FKNO2. The molecule has 0 amide bonds. The summed E-state index contributed by atoms with van der Waals surface area (Å²) in [6, 6.07) is 3.74. The maximum atomic E-state index is 12.3. The molecule has 0 aromatic heterocycles. The third-order valence-electron chi connectivity index (χ3n) is 1.48. The van der Waals surface area contributed by atoms with Crippen molar-refractivity contribution in [2.45, 2.75) is 6.04 Å². The Morgan fingerprint density at radius 1 is 1.38 bits per heavy atom. The van der Waals surface area contributed by atoms with Crippen LogP contribution in [0, 0.1) is 5.82 Å². The molecule has 0 spiro atoms. The van der Waals surface area contributed by atoms with Crippen molar-refractivity contribution in [3.05, 3.63) is 35.6 Å². The fraction of sp³-hybridized carbons (Fsp3) is 0.125. The van der Waals surface area contributed by atoms with Crippen LogP contribution in [-0.4, -0.2) is 5.97 Å². The standard InChI is InChI=1S/C8H8FNO2.K/c9-6-3-1-5(2-4-6)7(10)8(11)12;/h1-4,7H,10H2,(H,11,12);/q;+1/p-1/t7-;/m0./s1. The van der Waals surface area contributed by atoms with Gasteiger partial charge in [-0.3, -0.25) is 0 Å².